The maximum absolute atomic E-state index is 11.8. The summed E-state index contributed by atoms with van der Waals surface area (Å²) in [5.74, 6) is -0.511. The molecule has 18 heavy (non-hydrogen) atoms. The van der Waals surface area contributed by atoms with E-state index >= 15 is 0 Å². The lowest BCUT2D eigenvalue weighted by atomic mass is 10.0. The number of Topliss-reactive ketones (excluding diaryl/α,β-unsaturated/α-hetero) is 1. The number of ketones is 1. The quantitative estimate of drug-likeness (QED) is 0.503. The molecule has 0 saturated carbocycles. The average molecular weight is 246 g/mol. The van der Waals surface area contributed by atoms with Crippen molar-refractivity contribution in [2.75, 3.05) is 0 Å². The summed E-state index contributed by atoms with van der Waals surface area (Å²) in [6.45, 7) is 3.66. The zero-order chi connectivity index (χ0) is 13.1. The normalized spacial score (nSPS) is 13.8. The average Bonchev–Trinajstić information content (AvgIpc) is 2.80. The lowest BCUT2D eigenvalue weighted by molar-refractivity contribution is -0.116. The van der Waals surface area contributed by atoms with Crippen LogP contribution in [0.1, 0.15) is 13.8 Å². The molecule has 1 unspecified atom stereocenters. The van der Waals surface area contributed by atoms with Crippen LogP contribution in [0, 0.1) is 5.92 Å². The first kappa shape index (κ1) is 12.2. The molecular weight excluding hydrogens is 232 g/mol. The second-order valence-corrected chi connectivity index (χ2v) is 4.21. The van der Waals surface area contributed by atoms with Crippen LogP contribution in [0.25, 0.3) is 11.0 Å². The minimum absolute atomic E-state index is 0.104. The highest BCUT2D eigenvalue weighted by molar-refractivity contribution is 6.39. The van der Waals surface area contributed by atoms with E-state index < -0.39 is 0 Å². The van der Waals surface area contributed by atoms with Crippen molar-refractivity contribution in [3.8, 4) is 0 Å². The Morgan fingerprint density at radius 1 is 1.50 bits per heavy atom. The van der Waals surface area contributed by atoms with Crippen LogP contribution < -0.4 is 0 Å². The summed E-state index contributed by atoms with van der Waals surface area (Å²) in [5, 5.41) is 19.5. The Balaban J connectivity index is 2.22. The van der Waals surface area contributed by atoms with Crippen LogP contribution in [-0.2, 0) is 11.3 Å². The van der Waals surface area contributed by atoms with Gasteiger partial charge in [-0.3, -0.25) is 4.79 Å². The van der Waals surface area contributed by atoms with E-state index in [-0.39, 0.29) is 17.4 Å². The Hall–Kier alpha value is -2.24. The fourth-order valence-corrected chi connectivity index (χ4v) is 1.80. The van der Waals surface area contributed by atoms with E-state index in [4.69, 9.17) is 5.21 Å². The molecule has 0 amide bonds. The van der Waals surface area contributed by atoms with Gasteiger partial charge in [-0.1, -0.05) is 29.4 Å². The van der Waals surface area contributed by atoms with Gasteiger partial charge < -0.3 is 5.21 Å². The molecule has 0 radical (unpaired) electrons. The van der Waals surface area contributed by atoms with Gasteiger partial charge in [0.25, 0.3) is 0 Å². The van der Waals surface area contributed by atoms with Gasteiger partial charge in [-0.05, 0) is 19.1 Å². The van der Waals surface area contributed by atoms with Crippen molar-refractivity contribution in [1.82, 2.24) is 15.0 Å². The molecule has 0 aliphatic carbocycles. The largest absolute Gasteiger partial charge is 0.411 e. The van der Waals surface area contributed by atoms with E-state index in [9.17, 15) is 4.79 Å². The molecule has 6 heteroatoms. The summed E-state index contributed by atoms with van der Waals surface area (Å²) in [5.41, 5.74) is 1.78. The Morgan fingerprint density at radius 2 is 2.22 bits per heavy atom. The third-order valence-corrected chi connectivity index (χ3v) is 2.82. The van der Waals surface area contributed by atoms with Crippen molar-refractivity contribution in [2.24, 2.45) is 11.1 Å². The van der Waals surface area contributed by atoms with E-state index in [2.05, 4.69) is 15.5 Å². The topological polar surface area (TPSA) is 80.4 Å². The first-order chi connectivity index (χ1) is 8.63. The Morgan fingerprint density at radius 3 is 2.94 bits per heavy atom. The van der Waals surface area contributed by atoms with Crippen molar-refractivity contribution in [2.45, 2.75) is 20.4 Å². The van der Waals surface area contributed by atoms with Gasteiger partial charge in [-0.15, -0.1) is 5.10 Å². The molecule has 1 aromatic heterocycles. The molecule has 6 nitrogen and oxygen atoms in total. The summed E-state index contributed by atoms with van der Waals surface area (Å²) >= 11 is 0. The second kappa shape index (κ2) is 4.95. The van der Waals surface area contributed by atoms with E-state index in [1.54, 1.807) is 11.6 Å². The van der Waals surface area contributed by atoms with Crippen LogP contribution in [0.4, 0.5) is 0 Å². The van der Waals surface area contributed by atoms with Gasteiger partial charge in [-0.25, -0.2) is 4.68 Å². The van der Waals surface area contributed by atoms with Crippen molar-refractivity contribution in [1.29, 1.82) is 0 Å². The van der Waals surface area contributed by atoms with Crippen LogP contribution >= 0.6 is 0 Å². The molecule has 1 atom stereocenters. The third-order valence-electron chi connectivity index (χ3n) is 2.82. The fraction of sp³-hybridized carbons (Fsp3) is 0.333. The van der Waals surface area contributed by atoms with Gasteiger partial charge >= 0.3 is 0 Å². The smallest absolute Gasteiger partial charge is 0.184 e. The number of hydrogen-bond acceptors (Lipinski definition) is 5. The zero-order valence-corrected chi connectivity index (χ0v) is 10.2. The van der Waals surface area contributed by atoms with Crippen LogP contribution in [0.5, 0.6) is 0 Å². The first-order valence-electron chi connectivity index (χ1n) is 5.64. The number of carbonyl (C=O) groups excluding carboxylic acids is 1. The minimum Gasteiger partial charge on any atom is -0.411 e. The number of carbonyl (C=O) groups is 1. The molecule has 0 bridgehead atoms. The van der Waals surface area contributed by atoms with Gasteiger partial charge in [0.1, 0.15) is 11.2 Å². The Kier molecular flexibility index (Phi) is 3.36. The van der Waals surface area contributed by atoms with E-state index in [0.29, 0.717) is 6.54 Å². The van der Waals surface area contributed by atoms with Gasteiger partial charge in [0.15, 0.2) is 5.78 Å². The van der Waals surface area contributed by atoms with Crippen molar-refractivity contribution in [3.05, 3.63) is 24.3 Å². The van der Waals surface area contributed by atoms with Crippen molar-refractivity contribution < 1.29 is 10.0 Å². The lowest BCUT2D eigenvalue weighted by Crippen LogP contribution is -2.24. The molecule has 94 valence electrons. The van der Waals surface area contributed by atoms with Crippen molar-refractivity contribution in [3.63, 3.8) is 0 Å². The third kappa shape index (κ3) is 2.22. The number of aromatic nitrogens is 3. The highest BCUT2D eigenvalue weighted by Crippen LogP contribution is 2.12. The summed E-state index contributed by atoms with van der Waals surface area (Å²) in [6.07, 6.45) is 0. The maximum Gasteiger partial charge on any atom is 0.184 e. The van der Waals surface area contributed by atoms with Gasteiger partial charge in [0.2, 0.25) is 0 Å². The van der Waals surface area contributed by atoms with Gasteiger partial charge in [-0.2, -0.15) is 0 Å². The lowest BCUT2D eigenvalue weighted by Gasteiger charge is -2.09. The predicted molar refractivity (Wildman–Crippen MR) is 66.6 cm³/mol. The molecular formula is C12H14N4O2. The number of oxime groups is 1. The summed E-state index contributed by atoms with van der Waals surface area (Å²) in [7, 11) is 0. The Bertz CT molecular complexity index is 603. The molecule has 2 aromatic rings. The molecule has 0 spiro atoms. The first-order valence-corrected chi connectivity index (χ1v) is 5.64. The molecule has 1 heterocycles. The number of para-hydroxylation sites is 1. The number of hydrogen-bond donors (Lipinski definition) is 1. The number of nitrogens with zero attached hydrogens (tertiary/aromatic N) is 4. The molecule has 0 aliphatic rings. The van der Waals surface area contributed by atoms with Gasteiger partial charge in [0.05, 0.1) is 12.1 Å². The van der Waals surface area contributed by atoms with E-state index in [1.807, 2.05) is 24.3 Å². The number of fused-ring (bicyclic) bond motifs is 1. The highest BCUT2D eigenvalue weighted by Gasteiger charge is 2.18. The SMILES string of the molecule is CC(=NO)C(=O)C(C)Cn1nnc2ccccc21. The monoisotopic (exact) mass is 246 g/mol. The zero-order valence-electron chi connectivity index (χ0n) is 10.2. The summed E-state index contributed by atoms with van der Waals surface area (Å²) in [6, 6.07) is 7.55. The predicted octanol–water partition coefficient (Wildman–Crippen LogP) is 1.49. The van der Waals surface area contributed by atoms with E-state index in [1.165, 1.54) is 6.92 Å². The number of rotatable bonds is 4. The minimum atomic E-state index is -0.314. The molecule has 0 aliphatic heterocycles. The molecule has 1 N–H and O–H groups in total. The molecule has 1 aromatic carbocycles. The van der Waals surface area contributed by atoms with Crippen LogP contribution in [0.2, 0.25) is 0 Å². The van der Waals surface area contributed by atoms with Crippen LogP contribution in [0.15, 0.2) is 29.4 Å². The fourth-order valence-electron chi connectivity index (χ4n) is 1.80. The van der Waals surface area contributed by atoms with E-state index in [0.717, 1.165) is 11.0 Å². The van der Waals surface area contributed by atoms with Gasteiger partial charge in [0, 0.05) is 5.92 Å². The number of benzene rings is 1. The second-order valence-electron chi connectivity index (χ2n) is 4.21. The standard InChI is InChI=1S/C12H14N4O2/c1-8(12(17)9(2)14-18)7-16-11-6-4-3-5-10(11)13-15-16/h3-6,8,18H,7H2,1-2H3. The van der Waals surface area contributed by atoms with Crippen LogP contribution in [0.3, 0.4) is 0 Å². The maximum atomic E-state index is 11.8. The summed E-state index contributed by atoms with van der Waals surface area (Å²) in [4.78, 5) is 11.8. The molecule has 0 fully saturated rings. The Labute approximate surface area is 104 Å². The van der Waals surface area contributed by atoms with Crippen molar-refractivity contribution >= 4 is 22.5 Å². The highest BCUT2D eigenvalue weighted by atomic mass is 16.4. The van der Waals surface area contributed by atoms with Crippen LogP contribution in [-0.4, -0.2) is 31.7 Å². The molecule has 2 rings (SSSR count). The molecule has 0 saturated heterocycles. The summed E-state index contributed by atoms with van der Waals surface area (Å²) < 4.78 is 1.68.